The number of rotatable bonds is 5. The summed E-state index contributed by atoms with van der Waals surface area (Å²) in [5.74, 6) is -0.298. The predicted octanol–water partition coefficient (Wildman–Crippen LogP) is 2.23. The van der Waals surface area contributed by atoms with E-state index in [4.69, 9.17) is 0 Å². The number of hydrogen-bond acceptors (Lipinski definition) is 2. The Morgan fingerprint density at radius 1 is 1.56 bits per heavy atom. The Morgan fingerprint density at radius 3 is 2.89 bits per heavy atom. The highest BCUT2D eigenvalue weighted by Gasteiger charge is 2.23. The largest absolute Gasteiger partial charge is 0.388 e. The number of aliphatic hydroxyl groups excluding tert-OH is 1. The van der Waals surface area contributed by atoms with Gasteiger partial charge in [0.15, 0.2) is 0 Å². The molecule has 1 unspecified atom stereocenters. The fourth-order valence-electron chi connectivity index (χ4n) is 1.84. The molecule has 0 aliphatic heterocycles. The van der Waals surface area contributed by atoms with Crippen LogP contribution < -0.4 is 5.32 Å². The van der Waals surface area contributed by atoms with E-state index in [1.165, 1.54) is 6.07 Å². The first kappa shape index (κ1) is 13.0. The quantitative estimate of drug-likeness (QED) is 0.843. The van der Waals surface area contributed by atoms with Gasteiger partial charge in [-0.15, -0.1) is 0 Å². The summed E-state index contributed by atoms with van der Waals surface area (Å²) in [6.07, 6.45) is 2.07. The molecule has 1 aliphatic carbocycles. The van der Waals surface area contributed by atoms with Gasteiger partial charge in [0.25, 0.3) is 0 Å². The van der Waals surface area contributed by atoms with Crippen molar-refractivity contribution >= 4 is 5.91 Å². The van der Waals surface area contributed by atoms with Gasteiger partial charge in [0, 0.05) is 12.5 Å². The lowest BCUT2D eigenvalue weighted by atomic mass is 10.0. The molecule has 0 radical (unpaired) electrons. The van der Waals surface area contributed by atoms with Crippen molar-refractivity contribution in [3.63, 3.8) is 0 Å². The standard InChI is InChI=1S/C14H18FNO2/c1-9-8-10(2-5-12(9)15)13(17)6-7-14(18)16-11-3-4-11/h2,5,8,11,13,17H,3-4,6-7H2,1H3,(H,16,18). The Labute approximate surface area is 106 Å². The van der Waals surface area contributed by atoms with Crippen molar-refractivity contribution in [2.75, 3.05) is 0 Å². The van der Waals surface area contributed by atoms with Gasteiger partial charge < -0.3 is 10.4 Å². The second kappa shape index (κ2) is 5.48. The number of hydrogen-bond donors (Lipinski definition) is 2. The van der Waals surface area contributed by atoms with E-state index < -0.39 is 6.10 Å². The molecule has 1 fully saturated rings. The van der Waals surface area contributed by atoms with Crippen LogP contribution in [0.1, 0.15) is 42.9 Å². The number of nitrogens with one attached hydrogen (secondary N) is 1. The third-order valence-corrected chi connectivity index (χ3v) is 3.15. The molecular formula is C14H18FNO2. The van der Waals surface area contributed by atoms with Crippen molar-refractivity contribution in [3.8, 4) is 0 Å². The minimum absolute atomic E-state index is 0.0182. The number of halogens is 1. The maximum absolute atomic E-state index is 13.1. The van der Waals surface area contributed by atoms with Gasteiger partial charge in [-0.1, -0.05) is 12.1 Å². The van der Waals surface area contributed by atoms with Crippen LogP contribution in [0.25, 0.3) is 0 Å². The molecule has 0 saturated heterocycles. The number of carbonyl (C=O) groups excluding carboxylic acids is 1. The van der Waals surface area contributed by atoms with Crippen molar-refractivity contribution in [2.24, 2.45) is 0 Å². The van der Waals surface area contributed by atoms with E-state index in [-0.39, 0.29) is 11.7 Å². The summed E-state index contributed by atoms with van der Waals surface area (Å²) < 4.78 is 13.1. The van der Waals surface area contributed by atoms with E-state index in [1.54, 1.807) is 19.1 Å². The van der Waals surface area contributed by atoms with Gasteiger partial charge in [-0.2, -0.15) is 0 Å². The first-order valence-corrected chi connectivity index (χ1v) is 6.29. The molecule has 0 spiro atoms. The SMILES string of the molecule is Cc1cc(C(O)CCC(=O)NC2CC2)ccc1F. The molecule has 2 N–H and O–H groups in total. The topological polar surface area (TPSA) is 49.3 Å². The van der Waals surface area contributed by atoms with Crippen molar-refractivity contribution in [2.45, 2.75) is 44.8 Å². The third kappa shape index (κ3) is 3.53. The molecule has 4 heteroatoms. The molecule has 0 aromatic heterocycles. The van der Waals surface area contributed by atoms with Gasteiger partial charge in [-0.3, -0.25) is 4.79 Å². The van der Waals surface area contributed by atoms with Crippen LogP contribution >= 0.6 is 0 Å². The molecule has 3 nitrogen and oxygen atoms in total. The second-order valence-corrected chi connectivity index (χ2v) is 4.90. The smallest absolute Gasteiger partial charge is 0.220 e. The minimum Gasteiger partial charge on any atom is -0.388 e. The molecule has 1 amide bonds. The fourth-order valence-corrected chi connectivity index (χ4v) is 1.84. The average Bonchev–Trinajstić information content (AvgIpc) is 3.13. The molecule has 1 aromatic carbocycles. The zero-order valence-corrected chi connectivity index (χ0v) is 10.4. The lowest BCUT2D eigenvalue weighted by Gasteiger charge is -2.12. The van der Waals surface area contributed by atoms with Crippen LogP contribution in [-0.2, 0) is 4.79 Å². The molecule has 0 heterocycles. The predicted molar refractivity (Wildman–Crippen MR) is 66.5 cm³/mol. The summed E-state index contributed by atoms with van der Waals surface area (Å²) in [6, 6.07) is 4.88. The number of carbonyl (C=O) groups is 1. The summed E-state index contributed by atoms with van der Waals surface area (Å²) in [4.78, 5) is 11.5. The molecule has 2 rings (SSSR count). The van der Waals surface area contributed by atoms with Crippen LogP contribution in [0.5, 0.6) is 0 Å². The van der Waals surface area contributed by atoms with Crippen LogP contribution in [0.2, 0.25) is 0 Å². The van der Waals surface area contributed by atoms with Crippen LogP contribution in [-0.4, -0.2) is 17.1 Å². The van der Waals surface area contributed by atoms with E-state index in [0.717, 1.165) is 12.8 Å². The Hall–Kier alpha value is -1.42. The number of benzene rings is 1. The Morgan fingerprint density at radius 2 is 2.28 bits per heavy atom. The molecular weight excluding hydrogens is 233 g/mol. The third-order valence-electron chi connectivity index (χ3n) is 3.15. The Balaban J connectivity index is 1.84. The summed E-state index contributed by atoms with van der Waals surface area (Å²) in [5.41, 5.74) is 1.17. The van der Waals surface area contributed by atoms with Crippen LogP contribution in [0.3, 0.4) is 0 Å². The van der Waals surface area contributed by atoms with Gasteiger partial charge in [-0.05, 0) is 43.4 Å². The molecule has 98 valence electrons. The van der Waals surface area contributed by atoms with Crippen LogP contribution in [0, 0.1) is 12.7 Å². The van der Waals surface area contributed by atoms with E-state index >= 15 is 0 Å². The van der Waals surface area contributed by atoms with Crippen molar-refractivity contribution in [1.82, 2.24) is 5.32 Å². The number of aliphatic hydroxyl groups is 1. The van der Waals surface area contributed by atoms with E-state index in [2.05, 4.69) is 5.32 Å². The van der Waals surface area contributed by atoms with Crippen LogP contribution in [0.4, 0.5) is 4.39 Å². The molecule has 1 aromatic rings. The monoisotopic (exact) mass is 251 g/mol. The summed E-state index contributed by atoms with van der Waals surface area (Å²) in [7, 11) is 0. The van der Waals surface area contributed by atoms with E-state index in [0.29, 0.717) is 30.0 Å². The first-order valence-electron chi connectivity index (χ1n) is 6.29. The maximum atomic E-state index is 13.1. The number of aryl methyl sites for hydroxylation is 1. The molecule has 0 bridgehead atoms. The van der Waals surface area contributed by atoms with E-state index in [1.807, 2.05) is 0 Å². The highest BCUT2D eigenvalue weighted by molar-refractivity contribution is 5.76. The van der Waals surface area contributed by atoms with Crippen molar-refractivity contribution in [3.05, 3.63) is 35.1 Å². The average molecular weight is 251 g/mol. The highest BCUT2D eigenvalue weighted by atomic mass is 19.1. The lowest BCUT2D eigenvalue weighted by Crippen LogP contribution is -2.25. The second-order valence-electron chi connectivity index (χ2n) is 4.90. The Bertz CT molecular complexity index is 443. The van der Waals surface area contributed by atoms with E-state index in [9.17, 15) is 14.3 Å². The van der Waals surface area contributed by atoms with Gasteiger partial charge in [0.05, 0.1) is 6.10 Å². The summed E-state index contributed by atoms with van der Waals surface area (Å²) in [6.45, 7) is 1.66. The van der Waals surface area contributed by atoms with Crippen molar-refractivity contribution < 1.29 is 14.3 Å². The summed E-state index contributed by atoms with van der Waals surface area (Å²) >= 11 is 0. The van der Waals surface area contributed by atoms with Crippen LogP contribution in [0.15, 0.2) is 18.2 Å². The summed E-state index contributed by atoms with van der Waals surface area (Å²) in [5, 5.41) is 12.8. The molecule has 1 saturated carbocycles. The van der Waals surface area contributed by atoms with Gasteiger partial charge in [0.2, 0.25) is 5.91 Å². The lowest BCUT2D eigenvalue weighted by molar-refractivity contribution is -0.121. The van der Waals surface area contributed by atoms with Gasteiger partial charge in [0.1, 0.15) is 5.82 Å². The zero-order chi connectivity index (χ0) is 13.1. The van der Waals surface area contributed by atoms with Gasteiger partial charge in [-0.25, -0.2) is 4.39 Å². The Kier molecular flexibility index (Phi) is 3.97. The van der Waals surface area contributed by atoms with Gasteiger partial charge >= 0.3 is 0 Å². The number of amides is 1. The normalized spacial score (nSPS) is 16.4. The molecule has 1 atom stereocenters. The minimum atomic E-state index is -0.714. The maximum Gasteiger partial charge on any atom is 0.220 e. The zero-order valence-electron chi connectivity index (χ0n) is 10.4. The molecule has 1 aliphatic rings. The van der Waals surface area contributed by atoms with Crippen molar-refractivity contribution in [1.29, 1.82) is 0 Å². The molecule has 18 heavy (non-hydrogen) atoms. The first-order chi connectivity index (χ1) is 8.56. The fraction of sp³-hybridized carbons (Fsp3) is 0.500. The highest BCUT2D eigenvalue weighted by Crippen LogP contribution is 2.22.